The van der Waals surface area contributed by atoms with Gasteiger partial charge >= 0.3 is 0 Å². The Morgan fingerprint density at radius 3 is 2.45 bits per heavy atom. The van der Waals surface area contributed by atoms with Gasteiger partial charge in [0.2, 0.25) is 0 Å². The number of aryl methyl sites for hydroxylation is 2. The summed E-state index contributed by atoms with van der Waals surface area (Å²) in [5, 5.41) is 0. The Labute approximate surface area is 120 Å². The molecule has 2 nitrogen and oxygen atoms in total. The van der Waals surface area contributed by atoms with Gasteiger partial charge in [0.05, 0.1) is 6.61 Å². The highest BCUT2D eigenvalue weighted by Gasteiger charge is 2.10. The molecular formula is C18H21NO. The van der Waals surface area contributed by atoms with E-state index in [1.54, 1.807) is 0 Å². The van der Waals surface area contributed by atoms with Gasteiger partial charge < -0.3 is 10.5 Å². The first kappa shape index (κ1) is 13.2. The normalized spacial score (nSPS) is 13.2. The highest BCUT2D eigenvalue weighted by atomic mass is 16.5. The molecular weight excluding hydrogens is 246 g/mol. The van der Waals surface area contributed by atoms with Crippen LogP contribution in [0.2, 0.25) is 0 Å². The maximum Gasteiger partial charge on any atom is 0.119 e. The molecule has 0 aliphatic heterocycles. The second-order valence-corrected chi connectivity index (χ2v) is 5.40. The molecule has 0 aromatic heterocycles. The molecule has 20 heavy (non-hydrogen) atoms. The lowest BCUT2D eigenvalue weighted by atomic mass is 10.1. The lowest BCUT2D eigenvalue weighted by Crippen LogP contribution is -2.02. The van der Waals surface area contributed by atoms with Crippen molar-refractivity contribution in [2.75, 3.05) is 6.61 Å². The van der Waals surface area contributed by atoms with Gasteiger partial charge in [0.15, 0.2) is 0 Å². The number of ether oxygens (including phenoxy) is 1. The van der Waals surface area contributed by atoms with Crippen molar-refractivity contribution in [3.8, 4) is 5.75 Å². The molecule has 0 bridgehead atoms. The average Bonchev–Trinajstić information content (AvgIpc) is 2.95. The summed E-state index contributed by atoms with van der Waals surface area (Å²) >= 11 is 0. The average molecular weight is 267 g/mol. The fourth-order valence-corrected chi connectivity index (χ4v) is 2.77. The minimum Gasteiger partial charge on any atom is -0.493 e. The van der Waals surface area contributed by atoms with E-state index >= 15 is 0 Å². The molecule has 2 N–H and O–H groups in total. The number of rotatable bonds is 5. The fourth-order valence-electron chi connectivity index (χ4n) is 2.77. The summed E-state index contributed by atoms with van der Waals surface area (Å²) in [6.45, 7) is 1.33. The number of hydrogen-bond acceptors (Lipinski definition) is 2. The number of hydrogen-bond donors (Lipinski definition) is 1. The van der Waals surface area contributed by atoms with Gasteiger partial charge in [0.25, 0.3) is 0 Å². The van der Waals surface area contributed by atoms with Gasteiger partial charge in [-0.25, -0.2) is 0 Å². The van der Waals surface area contributed by atoms with Crippen molar-refractivity contribution in [3.63, 3.8) is 0 Å². The number of nitrogens with two attached hydrogens (primary N) is 1. The largest absolute Gasteiger partial charge is 0.493 e. The van der Waals surface area contributed by atoms with E-state index in [2.05, 4.69) is 42.5 Å². The third kappa shape index (κ3) is 3.02. The Hall–Kier alpha value is -1.80. The first-order chi connectivity index (χ1) is 9.85. The van der Waals surface area contributed by atoms with E-state index in [0.29, 0.717) is 6.54 Å². The SMILES string of the molecule is NCc1ccc(CCOc2ccc3c(c2)CCC3)cc1. The van der Waals surface area contributed by atoms with E-state index in [1.807, 2.05) is 0 Å². The van der Waals surface area contributed by atoms with E-state index in [4.69, 9.17) is 10.5 Å². The van der Waals surface area contributed by atoms with E-state index in [-0.39, 0.29) is 0 Å². The van der Waals surface area contributed by atoms with Crippen molar-refractivity contribution in [1.29, 1.82) is 0 Å². The second-order valence-electron chi connectivity index (χ2n) is 5.40. The van der Waals surface area contributed by atoms with Crippen molar-refractivity contribution in [3.05, 3.63) is 64.7 Å². The minimum absolute atomic E-state index is 0.603. The molecule has 2 aromatic carbocycles. The minimum atomic E-state index is 0.603. The maximum absolute atomic E-state index is 5.87. The van der Waals surface area contributed by atoms with Crippen LogP contribution in [0, 0.1) is 0 Å². The topological polar surface area (TPSA) is 35.2 Å². The van der Waals surface area contributed by atoms with Crippen molar-refractivity contribution in [2.24, 2.45) is 5.73 Å². The van der Waals surface area contributed by atoms with Crippen LogP contribution in [-0.4, -0.2) is 6.61 Å². The Morgan fingerprint density at radius 1 is 0.900 bits per heavy atom. The number of benzene rings is 2. The summed E-state index contributed by atoms with van der Waals surface area (Å²) in [6.07, 6.45) is 4.64. The van der Waals surface area contributed by atoms with E-state index in [1.165, 1.54) is 41.5 Å². The lowest BCUT2D eigenvalue weighted by molar-refractivity contribution is 0.321. The van der Waals surface area contributed by atoms with Gasteiger partial charge in [-0.1, -0.05) is 30.3 Å². The van der Waals surface area contributed by atoms with Gasteiger partial charge in [-0.15, -0.1) is 0 Å². The smallest absolute Gasteiger partial charge is 0.119 e. The van der Waals surface area contributed by atoms with Crippen LogP contribution in [0.5, 0.6) is 5.75 Å². The van der Waals surface area contributed by atoms with Crippen LogP contribution in [0.25, 0.3) is 0 Å². The molecule has 0 atom stereocenters. The summed E-state index contributed by atoms with van der Waals surface area (Å²) in [5.74, 6) is 1.00. The molecule has 1 aliphatic rings. The van der Waals surface area contributed by atoms with Gasteiger partial charge in [0.1, 0.15) is 5.75 Å². The molecule has 0 spiro atoms. The van der Waals surface area contributed by atoms with Crippen LogP contribution in [0.3, 0.4) is 0 Å². The molecule has 0 fully saturated rings. The Bertz CT molecular complexity index is 574. The predicted octanol–water partition coefficient (Wildman–Crippen LogP) is 3.26. The summed E-state index contributed by atoms with van der Waals surface area (Å²) in [6, 6.07) is 15.0. The highest BCUT2D eigenvalue weighted by molar-refractivity contribution is 5.38. The zero-order valence-corrected chi connectivity index (χ0v) is 11.8. The lowest BCUT2D eigenvalue weighted by Gasteiger charge is -2.08. The van der Waals surface area contributed by atoms with Crippen LogP contribution < -0.4 is 10.5 Å². The van der Waals surface area contributed by atoms with Crippen LogP contribution in [0.15, 0.2) is 42.5 Å². The zero-order chi connectivity index (χ0) is 13.8. The van der Waals surface area contributed by atoms with E-state index in [9.17, 15) is 0 Å². The van der Waals surface area contributed by atoms with Crippen LogP contribution in [-0.2, 0) is 25.8 Å². The van der Waals surface area contributed by atoms with E-state index < -0.39 is 0 Å². The van der Waals surface area contributed by atoms with Crippen LogP contribution in [0.1, 0.15) is 28.7 Å². The van der Waals surface area contributed by atoms with Crippen molar-refractivity contribution in [1.82, 2.24) is 0 Å². The van der Waals surface area contributed by atoms with Gasteiger partial charge in [-0.3, -0.25) is 0 Å². The van der Waals surface area contributed by atoms with Crippen LogP contribution >= 0.6 is 0 Å². The molecule has 0 amide bonds. The van der Waals surface area contributed by atoms with Crippen LogP contribution in [0.4, 0.5) is 0 Å². The summed E-state index contributed by atoms with van der Waals surface area (Å²) < 4.78 is 5.87. The molecule has 104 valence electrons. The zero-order valence-electron chi connectivity index (χ0n) is 11.8. The first-order valence-electron chi connectivity index (χ1n) is 7.37. The summed E-state index contributed by atoms with van der Waals surface area (Å²) in [5.41, 5.74) is 11.0. The summed E-state index contributed by atoms with van der Waals surface area (Å²) in [4.78, 5) is 0. The number of fused-ring (bicyclic) bond motifs is 1. The van der Waals surface area contributed by atoms with Crippen molar-refractivity contribution < 1.29 is 4.74 Å². The first-order valence-corrected chi connectivity index (χ1v) is 7.37. The second kappa shape index (κ2) is 6.10. The predicted molar refractivity (Wildman–Crippen MR) is 82.0 cm³/mol. The molecule has 0 saturated heterocycles. The van der Waals surface area contributed by atoms with Gasteiger partial charge in [-0.2, -0.15) is 0 Å². The summed E-state index contributed by atoms with van der Waals surface area (Å²) in [7, 11) is 0. The molecule has 2 heteroatoms. The molecule has 2 aromatic rings. The maximum atomic E-state index is 5.87. The quantitative estimate of drug-likeness (QED) is 0.902. The fraction of sp³-hybridized carbons (Fsp3) is 0.333. The van der Waals surface area contributed by atoms with Crippen molar-refractivity contribution >= 4 is 0 Å². The Morgan fingerprint density at radius 2 is 1.65 bits per heavy atom. The molecule has 0 unspecified atom stereocenters. The molecule has 0 saturated carbocycles. The monoisotopic (exact) mass is 267 g/mol. The van der Waals surface area contributed by atoms with Gasteiger partial charge in [-0.05, 0) is 53.6 Å². The third-order valence-corrected chi connectivity index (χ3v) is 3.99. The highest BCUT2D eigenvalue weighted by Crippen LogP contribution is 2.26. The van der Waals surface area contributed by atoms with Gasteiger partial charge in [0, 0.05) is 13.0 Å². The molecule has 3 rings (SSSR count). The Kier molecular flexibility index (Phi) is 4.03. The Balaban J connectivity index is 1.54. The van der Waals surface area contributed by atoms with E-state index in [0.717, 1.165) is 18.8 Å². The molecule has 0 radical (unpaired) electrons. The van der Waals surface area contributed by atoms with Crippen molar-refractivity contribution in [2.45, 2.75) is 32.2 Å². The molecule has 1 aliphatic carbocycles. The molecule has 0 heterocycles. The standard InChI is InChI=1S/C18H21NO/c19-13-15-6-4-14(5-7-15)10-11-20-18-9-8-16-2-1-3-17(16)12-18/h4-9,12H,1-3,10-11,13,19H2. The third-order valence-electron chi connectivity index (χ3n) is 3.99.